The maximum atomic E-state index is 6.00. The zero-order chi connectivity index (χ0) is 17.0. The van der Waals surface area contributed by atoms with Crippen LogP contribution in [0.5, 0.6) is 0 Å². The fourth-order valence-corrected chi connectivity index (χ4v) is 2.20. The molecule has 2 aromatic rings. The van der Waals surface area contributed by atoms with E-state index in [4.69, 9.17) is 11.5 Å². The molecule has 0 aliphatic rings. The van der Waals surface area contributed by atoms with Gasteiger partial charge in [0.2, 0.25) is 0 Å². The summed E-state index contributed by atoms with van der Waals surface area (Å²) in [6.45, 7) is 8.20. The van der Waals surface area contributed by atoms with E-state index in [9.17, 15) is 0 Å². The second-order valence-electron chi connectivity index (χ2n) is 5.80. The lowest BCUT2D eigenvalue weighted by Crippen LogP contribution is -1.97. The molecule has 5 N–H and O–H groups in total. The Hall–Kier alpha value is -2.75. The van der Waals surface area contributed by atoms with Gasteiger partial charge in [-0.05, 0) is 80.3 Å². The van der Waals surface area contributed by atoms with Crippen LogP contribution in [0.1, 0.15) is 22.3 Å². The summed E-state index contributed by atoms with van der Waals surface area (Å²) in [7, 11) is 0. The third-order valence-electron chi connectivity index (χ3n) is 3.94. The minimum absolute atomic E-state index is 0.684. The number of allylic oxidation sites excluding steroid dienone is 1. The van der Waals surface area contributed by atoms with E-state index in [1.807, 2.05) is 51.1 Å². The number of nitrogen functional groups attached to an aromatic ring is 2. The molecule has 0 bridgehead atoms. The molecule has 0 aliphatic carbocycles. The standard InChI is InChI=1S/C19H24N4/c1-12-8-16(20)18(10-14(12)3)22-6-5-7-23-19-11-15(4)13(2)9-17(19)21/h5-11,22H,20-21H2,1-4H3. The number of rotatable bonds is 4. The number of nitrogens with zero attached hydrogens (tertiary/aromatic N) is 1. The number of hydrogen-bond donors (Lipinski definition) is 3. The fraction of sp³-hybridized carbons (Fsp3) is 0.211. The summed E-state index contributed by atoms with van der Waals surface area (Å²) >= 11 is 0. The minimum atomic E-state index is 0.684. The van der Waals surface area contributed by atoms with Crippen molar-refractivity contribution in [2.24, 2.45) is 4.99 Å². The third-order valence-corrected chi connectivity index (χ3v) is 3.94. The highest BCUT2D eigenvalue weighted by Gasteiger charge is 2.01. The Balaban J connectivity index is 2.05. The summed E-state index contributed by atoms with van der Waals surface area (Å²) in [6.07, 6.45) is 5.34. The van der Waals surface area contributed by atoms with Gasteiger partial charge in [-0.15, -0.1) is 0 Å². The highest BCUT2D eigenvalue weighted by Crippen LogP contribution is 2.25. The van der Waals surface area contributed by atoms with Crippen LogP contribution in [-0.4, -0.2) is 6.21 Å². The monoisotopic (exact) mass is 308 g/mol. The maximum Gasteiger partial charge on any atom is 0.0861 e. The first-order valence-corrected chi connectivity index (χ1v) is 7.57. The number of benzene rings is 2. The zero-order valence-corrected chi connectivity index (χ0v) is 14.1. The van der Waals surface area contributed by atoms with Gasteiger partial charge in [-0.2, -0.15) is 0 Å². The van der Waals surface area contributed by atoms with E-state index in [-0.39, 0.29) is 0 Å². The number of nitrogens with one attached hydrogen (secondary N) is 1. The number of hydrogen-bond acceptors (Lipinski definition) is 4. The molecule has 23 heavy (non-hydrogen) atoms. The van der Waals surface area contributed by atoms with Crippen LogP contribution in [0.4, 0.5) is 22.7 Å². The Morgan fingerprint density at radius 3 is 2.09 bits per heavy atom. The van der Waals surface area contributed by atoms with E-state index in [0.29, 0.717) is 5.69 Å². The molecule has 0 atom stereocenters. The van der Waals surface area contributed by atoms with Gasteiger partial charge in [-0.25, -0.2) is 0 Å². The molecule has 2 rings (SSSR count). The zero-order valence-electron chi connectivity index (χ0n) is 14.1. The van der Waals surface area contributed by atoms with Gasteiger partial charge in [-0.1, -0.05) is 0 Å². The van der Waals surface area contributed by atoms with Gasteiger partial charge in [0.1, 0.15) is 0 Å². The molecule has 0 aromatic heterocycles. The van der Waals surface area contributed by atoms with Crippen molar-refractivity contribution in [3.8, 4) is 0 Å². The molecular formula is C19H24N4. The first kappa shape index (κ1) is 16.6. The Morgan fingerprint density at radius 1 is 0.826 bits per heavy atom. The molecular weight excluding hydrogens is 284 g/mol. The summed E-state index contributed by atoms with van der Waals surface area (Å²) < 4.78 is 0. The molecule has 0 radical (unpaired) electrons. The van der Waals surface area contributed by atoms with Crippen molar-refractivity contribution in [3.05, 3.63) is 58.8 Å². The van der Waals surface area contributed by atoms with Crippen LogP contribution >= 0.6 is 0 Å². The van der Waals surface area contributed by atoms with Crippen LogP contribution in [0.25, 0.3) is 0 Å². The molecule has 0 saturated heterocycles. The summed E-state index contributed by atoms with van der Waals surface area (Å²) in [5, 5.41) is 3.17. The summed E-state index contributed by atoms with van der Waals surface area (Å²) in [4.78, 5) is 4.38. The SMILES string of the molecule is Cc1cc(N)c(N=CC=CNc2cc(C)c(C)cc2N)cc1C. The van der Waals surface area contributed by atoms with Gasteiger partial charge in [0.05, 0.1) is 22.7 Å². The van der Waals surface area contributed by atoms with Crippen molar-refractivity contribution in [1.82, 2.24) is 0 Å². The number of aryl methyl sites for hydroxylation is 4. The minimum Gasteiger partial charge on any atom is -0.397 e. The molecule has 0 saturated carbocycles. The molecule has 120 valence electrons. The number of nitrogens with two attached hydrogens (primary N) is 2. The molecule has 0 heterocycles. The lowest BCUT2D eigenvalue weighted by molar-refractivity contribution is 1.33. The van der Waals surface area contributed by atoms with Gasteiger partial charge >= 0.3 is 0 Å². The van der Waals surface area contributed by atoms with Gasteiger partial charge in [-0.3, -0.25) is 4.99 Å². The van der Waals surface area contributed by atoms with Gasteiger partial charge in [0.25, 0.3) is 0 Å². The van der Waals surface area contributed by atoms with Crippen molar-refractivity contribution in [2.45, 2.75) is 27.7 Å². The van der Waals surface area contributed by atoms with Crippen LogP contribution < -0.4 is 16.8 Å². The molecule has 2 aromatic carbocycles. The average molecular weight is 308 g/mol. The molecule has 0 amide bonds. The maximum absolute atomic E-state index is 6.00. The second kappa shape index (κ2) is 7.01. The van der Waals surface area contributed by atoms with Gasteiger partial charge in [0.15, 0.2) is 0 Å². The first-order valence-electron chi connectivity index (χ1n) is 7.57. The van der Waals surface area contributed by atoms with E-state index >= 15 is 0 Å². The van der Waals surface area contributed by atoms with Crippen molar-refractivity contribution in [3.63, 3.8) is 0 Å². The van der Waals surface area contributed by atoms with E-state index in [2.05, 4.69) is 17.2 Å². The van der Waals surface area contributed by atoms with Crippen LogP contribution in [0.15, 0.2) is 41.5 Å². The predicted octanol–water partition coefficient (Wildman–Crippen LogP) is 4.41. The fourth-order valence-electron chi connectivity index (χ4n) is 2.20. The Kier molecular flexibility index (Phi) is 5.06. The van der Waals surface area contributed by atoms with Crippen molar-refractivity contribution in [2.75, 3.05) is 16.8 Å². The van der Waals surface area contributed by atoms with E-state index < -0.39 is 0 Å². The molecule has 4 heteroatoms. The normalized spacial score (nSPS) is 11.5. The Labute approximate surface area is 137 Å². The summed E-state index contributed by atoms with van der Waals surface area (Å²) in [5.41, 5.74) is 19.8. The smallest absolute Gasteiger partial charge is 0.0861 e. The van der Waals surface area contributed by atoms with Crippen molar-refractivity contribution >= 4 is 29.0 Å². The third kappa shape index (κ3) is 4.13. The van der Waals surface area contributed by atoms with Crippen LogP contribution in [0.2, 0.25) is 0 Å². The predicted molar refractivity (Wildman–Crippen MR) is 102 cm³/mol. The van der Waals surface area contributed by atoms with E-state index in [1.165, 1.54) is 22.3 Å². The lowest BCUT2D eigenvalue weighted by Gasteiger charge is -2.08. The van der Waals surface area contributed by atoms with Crippen LogP contribution in [0.3, 0.4) is 0 Å². The van der Waals surface area contributed by atoms with E-state index in [0.717, 1.165) is 17.1 Å². The number of aliphatic imine (C=N–C) groups is 1. The van der Waals surface area contributed by atoms with Gasteiger partial charge in [0, 0.05) is 12.4 Å². The molecule has 0 spiro atoms. The van der Waals surface area contributed by atoms with Crippen LogP contribution in [0, 0.1) is 27.7 Å². The lowest BCUT2D eigenvalue weighted by atomic mass is 10.1. The van der Waals surface area contributed by atoms with Crippen LogP contribution in [-0.2, 0) is 0 Å². The topological polar surface area (TPSA) is 76.4 Å². The van der Waals surface area contributed by atoms with Crippen molar-refractivity contribution < 1.29 is 0 Å². The highest BCUT2D eigenvalue weighted by molar-refractivity contribution is 5.79. The Morgan fingerprint density at radius 2 is 1.39 bits per heavy atom. The average Bonchev–Trinajstić information content (AvgIpc) is 2.49. The molecule has 0 aliphatic heterocycles. The first-order chi connectivity index (χ1) is 10.9. The largest absolute Gasteiger partial charge is 0.397 e. The molecule has 0 fully saturated rings. The van der Waals surface area contributed by atoms with E-state index in [1.54, 1.807) is 12.4 Å². The highest BCUT2D eigenvalue weighted by atomic mass is 14.9. The van der Waals surface area contributed by atoms with Crippen molar-refractivity contribution in [1.29, 1.82) is 0 Å². The quantitative estimate of drug-likeness (QED) is 0.578. The second-order valence-corrected chi connectivity index (χ2v) is 5.80. The number of anilines is 3. The molecule has 0 unspecified atom stereocenters. The summed E-state index contributed by atoms with van der Waals surface area (Å²) in [6, 6.07) is 7.94. The molecule has 4 nitrogen and oxygen atoms in total. The Bertz CT molecular complexity index is 773. The van der Waals surface area contributed by atoms with Gasteiger partial charge < -0.3 is 16.8 Å². The summed E-state index contributed by atoms with van der Waals surface area (Å²) in [5.74, 6) is 0.